The topological polar surface area (TPSA) is 69.6 Å². The van der Waals surface area contributed by atoms with Gasteiger partial charge in [-0.2, -0.15) is 5.01 Å². The van der Waals surface area contributed by atoms with Gasteiger partial charge in [-0.3, -0.25) is 15.0 Å². The summed E-state index contributed by atoms with van der Waals surface area (Å²) in [6.07, 6.45) is 1.71. The summed E-state index contributed by atoms with van der Waals surface area (Å²) >= 11 is 6.27. The molecule has 1 heterocycles. The van der Waals surface area contributed by atoms with E-state index in [0.717, 1.165) is 22.3 Å². The highest BCUT2D eigenvalue weighted by Gasteiger charge is 2.34. The van der Waals surface area contributed by atoms with Gasteiger partial charge in [-0.1, -0.05) is 54.2 Å². The molecule has 120 valence electrons. The van der Waals surface area contributed by atoms with Crippen molar-refractivity contribution in [2.24, 2.45) is 0 Å². The number of thiocarbonyl (C=S) groups is 1. The molecule has 3 rings (SSSR count). The van der Waals surface area contributed by atoms with Crippen molar-refractivity contribution in [2.45, 2.75) is 0 Å². The van der Waals surface area contributed by atoms with Crippen molar-refractivity contribution < 1.29 is 14.7 Å². The quantitative estimate of drug-likeness (QED) is 0.654. The highest BCUT2D eigenvalue weighted by Crippen LogP contribution is 2.31. The van der Waals surface area contributed by atoms with Gasteiger partial charge in [0.15, 0.2) is 4.32 Å². The number of para-hydroxylation sites is 1. The van der Waals surface area contributed by atoms with E-state index in [4.69, 9.17) is 12.2 Å². The van der Waals surface area contributed by atoms with E-state index >= 15 is 0 Å². The first-order valence-electron chi connectivity index (χ1n) is 6.98. The number of nitrogens with zero attached hydrogens (tertiary/aromatic N) is 1. The predicted octanol–water partition coefficient (Wildman–Crippen LogP) is 2.94. The number of nitrogens with one attached hydrogen (secondary N) is 1. The van der Waals surface area contributed by atoms with Gasteiger partial charge in [-0.25, -0.2) is 0 Å². The number of phenols is 1. The summed E-state index contributed by atoms with van der Waals surface area (Å²) in [7, 11) is 0. The molecule has 2 N–H and O–H groups in total. The molecule has 2 aromatic carbocycles. The molecule has 1 aliphatic rings. The van der Waals surface area contributed by atoms with E-state index in [2.05, 4.69) is 5.43 Å². The predicted molar refractivity (Wildman–Crippen MR) is 97.0 cm³/mol. The third-order valence-corrected chi connectivity index (χ3v) is 4.56. The first kappa shape index (κ1) is 16.2. The molecule has 24 heavy (non-hydrogen) atoms. The van der Waals surface area contributed by atoms with E-state index in [9.17, 15) is 14.7 Å². The van der Waals surface area contributed by atoms with Crippen molar-refractivity contribution in [3.63, 3.8) is 0 Å². The molecular formula is C17H12N2O3S2. The zero-order valence-electron chi connectivity index (χ0n) is 12.3. The lowest BCUT2D eigenvalue weighted by Gasteiger charge is -2.16. The van der Waals surface area contributed by atoms with Gasteiger partial charge >= 0.3 is 0 Å². The van der Waals surface area contributed by atoms with E-state index in [1.54, 1.807) is 18.2 Å². The lowest BCUT2D eigenvalue weighted by molar-refractivity contribution is -0.123. The highest BCUT2D eigenvalue weighted by molar-refractivity contribution is 8.26. The second kappa shape index (κ2) is 6.86. The highest BCUT2D eigenvalue weighted by atomic mass is 32.2. The molecule has 1 fully saturated rings. The fourth-order valence-corrected chi connectivity index (χ4v) is 3.27. The third-order valence-electron chi connectivity index (χ3n) is 3.25. The van der Waals surface area contributed by atoms with Crippen LogP contribution in [0.5, 0.6) is 5.75 Å². The van der Waals surface area contributed by atoms with Crippen molar-refractivity contribution in [1.82, 2.24) is 10.4 Å². The average Bonchev–Trinajstić information content (AvgIpc) is 2.83. The molecule has 0 atom stereocenters. The van der Waals surface area contributed by atoms with Gasteiger partial charge in [0.1, 0.15) is 5.75 Å². The van der Waals surface area contributed by atoms with Crippen molar-refractivity contribution in [1.29, 1.82) is 0 Å². The normalized spacial score (nSPS) is 15.8. The molecular weight excluding hydrogens is 344 g/mol. The van der Waals surface area contributed by atoms with Crippen LogP contribution in [0.1, 0.15) is 15.9 Å². The van der Waals surface area contributed by atoms with Crippen LogP contribution < -0.4 is 5.43 Å². The molecule has 2 amide bonds. The lowest BCUT2D eigenvalue weighted by Crippen LogP contribution is -2.44. The fraction of sp³-hybridized carbons (Fsp3) is 0. The van der Waals surface area contributed by atoms with Gasteiger partial charge < -0.3 is 5.11 Å². The minimum atomic E-state index is -0.606. The standard InChI is InChI=1S/C17H12N2O3S2/c20-13-9-5-4-8-12(13)15(21)18-19-16(22)14(24-17(19)23)10-11-6-2-1-3-7-11/h1-10,20H,(H,18,21)/b14-10+. The second-order valence-electron chi connectivity index (χ2n) is 4.89. The Labute approximate surface area is 147 Å². The molecule has 0 unspecified atom stereocenters. The minimum absolute atomic E-state index is 0.0681. The summed E-state index contributed by atoms with van der Waals surface area (Å²) in [6, 6.07) is 15.4. The zero-order valence-corrected chi connectivity index (χ0v) is 13.9. The van der Waals surface area contributed by atoms with Crippen LogP contribution in [0.4, 0.5) is 0 Å². The molecule has 0 bridgehead atoms. The molecule has 0 aliphatic carbocycles. The van der Waals surface area contributed by atoms with Crippen LogP contribution in [0.25, 0.3) is 6.08 Å². The maximum atomic E-state index is 12.4. The SMILES string of the molecule is O=C(NN1C(=O)/C(=C\c2ccccc2)SC1=S)c1ccccc1O. The molecule has 2 aromatic rings. The van der Waals surface area contributed by atoms with Crippen LogP contribution in [0.3, 0.4) is 0 Å². The Hall–Kier alpha value is -2.64. The van der Waals surface area contributed by atoms with Crippen LogP contribution in [0.2, 0.25) is 0 Å². The fourth-order valence-electron chi connectivity index (χ4n) is 2.09. The van der Waals surface area contributed by atoms with Crippen molar-refractivity contribution in [2.75, 3.05) is 0 Å². The number of phenolic OH excluding ortho intramolecular Hbond substituents is 1. The van der Waals surface area contributed by atoms with E-state index in [1.807, 2.05) is 30.3 Å². The number of hydrogen-bond acceptors (Lipinski definition) is 5. The number of benzene rings is 2. The molecule has 5 nitrogen and oxygen atoms in total. The number of thioether (sulfide) groups is 1. The summed E-state index contributed by atoms with van der Waals surface area (Å²) in [5, 5.41) is 10.7. The Morgan fingerprint density at radius 3 is 2.50 bits per heavy atom. The number of hydrazine groups is 1. The molecule has 0 radical (unpaired) electrons. The first-order chi connectivity index (χ1) is 11.6. The number of amides is 2. The van der Waals surface area contributed by atoms with E-state index in [0.29, 0.717) is 4.91 Å². The summed E-state index contributed by atoms with van der Waals surface area (Å²) in [5.74, 6) is -1.18. The number of aromatic hydroxyl groups is 1. The van der Waals surface area contributed by atoms with Gasteiger partial charge in [-0.05, 0) is 36.0 Å². The Morgan fingerprint density at radius 2 is 1.79 bits per heavy atom. The number of rotatable bonds is 3. The van der Waals surface area contributed by atoms with Crippen LogP contribution >= 0.6 is 24.0 Å². The Balaban J connectivity index is 1.79. The summed E-state index contributed by atoms with van der Waals surface area (Å²) in [4.78, 5) is 25.1. The summed E-state index contributed by atoms with van der Waals surface area (Å²) in [6.45, 7) is 0. The minimum Gasteiger partial charge on any atom is -0.507 e. The van der Waals surface area contributed by atoms with Gasteiger partial charge in [0.2, 0.25) is 0 Å². The largest absolute Gasteiger partial charge is 0.507 e. The maximum Gasteiger partial charge on any atom is 0.285 e. The third kappa shape index (κ3) is 3.32. The molecule has 0 spiro atoms. The van der Waals surface area contributed by atoms with Gasteiger partial charge in [-0.15, -0.1) is 0 Å². The van der Waals surface area contributed by atoms with Crippen LogP contribution in [-0.2, 0) is 4.79 Å². The van der Waals surface area contributed by atoms with E-state index in [-0.39, 0.29) is 15.6 Å². The Bertz CT molecular complexity index is 850. The van der Waals surface area contributed by atoms with Crippen LogP contribution in [0.15, 0.2) is 59.5 Å². The zero-order chi connectivity index (χ0) is 17.1. The second-order valence-corrected chi connectivity index (χ2v) is 6.56. The van der Waals surface area contributed by atoms with Crippen LogP contribution in [0, 0.1) is 0 Å². The maximum absolute atomic E-state index is 12.4. The molecule has 7 heteroatoms. The monoisotopic (exact) mass is 356 g/mol. The lowest BCUT2D eigenvalue weighted by atomic mass is 10.2. The van der Waals surface area contributed by atoms with Gasteiger partial charge in [0, 0.05) is 0 Å². The number of hydrogen-bond donors (Lipinski definition) is 2. The van der Waals surface area contributed by atoms with Gasteiger partial charge in [0.25, 0.3) is 11.8 Å². The number of carbonyl (C=O) groups is 2. The average molecular weight is 356 g/mol. The smallest absolute Gasteiger partial charge is 0.285 e. The molecule has 1 aliphatic heterocycles. The Morgan fingerprint density at radius 1 is 1.12 bits per heavy atom. The van der Waals surface area contributed by atoms with Crippen LogP contribution in [-0.4, -0.2) is 26.3 Å². The summed E-state index contributed by atoms with van der Waals surface area (Å²) in [5.41, 5.74) is 3.37. The van der Waals surface area contributed by atoms with Crippen molar-refractivity contribution in [3.8, 4) is 5.75 Å². The molecule has 0 saturated carbocycles. The first-order valence-corrected chi connectivity index (χ1v) is 8.21. The molecule has 1 saturated heterocycles. The molecule has 0 aromatic heterocycles. The van der Waals surface area contributed by atoms with E-state index < -0.39 is 11.8 Å². The van der Waals surface area contributed by atoms with Crippen molar-refractivity contribution in [3.05, 3.63) is 70.6 Å². The van der Waals surface area contributed by atoms with E-state index in [1.165, 1.54) is 12.1 Å². The van der Waals surface area contributed by atoms with Gasteiger partial charge in [0.05, 0.1) is 10.5 Å². The van der Waals surface area contributed by atoms with Crippen molar-refractivity contribution >= 4 is 46.2 Å². The number of carbonyl (C=O) groups excluding carboxylic acids is 2. The summed E-state index contributed by atoms with van der Waals surface area (Å²) < 4.78 is 0.228. The Kier molecular flexibility index (Phi) is 4.64.